The smallest absolute Gasteiger partial charge is 0.251 e. The normalized spacial score (nSPS) is 13.7. The van der Waals surface area contributed by atoms with Crippen LogP contribution in [0.2, 0.25) is 0 Å². The van der Waals surface area contributed by atoms with Crippen LogP contribution in [0.25, 0.3) is 0 Å². The number of benzene rings is 1. The van der Waals surface area contributed by atoms with Crippen molar-refractivity contribution >= 4 is 15.7 Å². The summed E-state index contributed by atoms with van der Waals surface area (Å²) < 4.78 is 37.3. The Balaban J connectivity index is 1.64. The van der Waals surface area contributed by atoms with E-state index in [-0.39, 0.29) is 24.1 Å². The van der Waals surface area contributed by atoms with Gasteiger partial charge in [-0.25, -0.2) is 8.42 Å². The van der Waals surface area contributed by atoms with E-state index in [9.17, 15) is 13.2 Å². The first-order valence-corrected chi connectivity index (χ1v) is 10.3. The molecule has 3 aromatic rings. The summed E-state index contributed by atoms with van der Waals surface area (Å²) in [6, 6.07) is 10.9. The van der Waals surface area contributed by atoms with Gasteiger partial charge in [-0.15, -0.1) is 0 Å². The fraction of sp³-hybridized carbons (Fsp3) is 0.150. The molecule has 1 aliphatic rings. The van der Waals surface area contributed by atoms with Gasteiger partial charge in [0, 0.05) is 43.0 Å². The third-order valence-electron chi connectivity index (χ3n) is 4.49. The van der Waals surface area contributed by atoms with Crippen LogP contribution in [0.1, 0.15) is 21.2 Å². The molecule has 0 spiro atoms. The summed E-state index contributed by atoms with van der Waals surface area (Å²) >= 11 is 0. The number of aromatic nitrogens is 2. The fourth-order valence-electron chi connectivity index (χ4n) is 2.98. The van der Waals surface area contributed by atoms with Crippen LogP contribution in [-0.2, 0) is 9.84 Å². The molecule has 3 heterocycles. The number of carbonyl (C=O) groups is 1. The molecule has 148 valence electrons. The molecule has 0 saturated heterocycles. The van der Waals surface area contributed by atoms with Gasteiger partial charge in [-0.05, 0) is 35.9 Å². The predicted molar refractivity (Wildman–Crippen MR) is 103 cm³/mol. The summed E-state index contributed by atoms with van der Waals surface area (Å²) in [5, 5.41) is 1.67. The molecule has 4 rings (SSSR count). The molecular weight excluding hydrogens is 394 g/mol. The summed E-state index contributed by atoms with van der Waals surface area (Å²) in [5.74, 6) is 0.479. The molecule has 0 bridgehead atoms. The predicted octanol–water partition coefficient (Wildman–Crippen LogP) is 2.15. The molecule has 0 saturated carbocycles. The fourth-order valence-corrected chi connectivity index (χ4v) is 4.64. The maximum Gasteiger partial charge on any atom is 0.251 e. The Hall–Kier alpha value is -3.46. The van der Waals surface area contributed by atoms with Crippen molar-refractivity contribution in [3.63, 3.8) is 0 Å². The molecular formula is C20H17N3O5S. The third-order valence-corrected chi connectivity index (χ3v) is 6.59. The van der Waals surface area contributed by atoms with Crippen molar-refractivity contribution in [1.82, 2.24) is 15.3 Å². The summed E-state index contributed by atoms with van der Waals surface area (Å²) in [6.07, 6.45) is 6.03. The number of nitrogens with one attached hydrogen (secondary N) is 1. The second-order valence-corrected chi connectivity index (χ2v) is 8.41. The van der Waals surface area contributed by atoms with Crippen molar-refractivity contribution in [2.24, 2.45) is 0 Å². The monoisotopic (exact) mass is 411 g/mol. The third kappa shape index (κ3) is 3.90. The zero-order valence-corrected chi connectivity index (χ0v) is 16.0. The van der Waals surface area contributed by atoms with Crippen molar-refractivity contribution < 1.29 is 22.7 Å². The maximum atomic E-state index is 13.4. The molecule has 9 heteroatoms. The summed E-state index contributed by atoms with van der Waals surface area (Å²) in [4.78, 5) is 20.4. The zero-order chi connectivity index (χ0) is 20.3. The molecule has 0 unspecified atom stereocenters. The van der Waals surface area contributed by atoms with E-state index in [1.54, 1.807) is 36.5 Å². The second kappa shape index (κ2) is 7.88. The molecule has 1 atom stereocenters. The van der Waals surface area contributed by atoms with E-state index in [0.717, 1.165) is 0 Å². The first-order chi connectivity index (χ1) is 14.1. The van der Waals surface area contributed by atoms with Gasteiger partial charge in [-0.1, -0.05) is 6.07 Å². The van der Waals surface area contributed by atoms with Gasteiger partial charge in [0.15, 0.2) is 21.3 Å². The highest BCUT2D eigenvalue weighted by atomic mass is 32.2. The van der Waals surface area contributed by atoms with Crippen LogP contribution >= 0.6 is 0 Å². The van der Waals surface area contributed by atoms with Crippen molar-refractivity contribution in [2.45, 2.75) is 10.1 Å². The molecule has 0 aliphatic carbocycles. The highest BCUT2D eigenvalue weighted by molar-refractivity contribution is 7.91. The van der Waals surface area contributed by atoms with E-state index in [1.807, 2.05) is 0 Å². The lowest BCUT2D eigenvalue weighted by molar-refractivity contribution is 0.0953. The minimum absolute atomic E-state index is 0.0485. The van der Waals surface area contributed by atoms with Gasteiger partial charge in [0.25, 0.3) is 5.91 Å². The van der Waals surface area contributed by atoms with Crippen LogP contribution in [0.3, 0.4) is 0 Å². The van der Waals surface area contributed by atoms with E-state index in [0.29, 0.717) is 22.6 Å². The Morgan fingerprint density at radius 1 is 1.03 bits per heavy atom. The van der Waals surface area contributed by atoms with Crippen LogP contribution in [0, 0.1) is 0 Å². The van der Waals surface area contributed by atoms with E-state index in [2.05, 4.69) is 15.3 Å². The number of fused-ring (bicyclic) bond motifs is 1. The number of nitrogens with zero attached hydrogens (tertiary/aromatic N) is 2. The molecule has 29 heavy (non-hydrogen) atoms. The SMILES string of the molecule is O=C(NC[C@H](c1cccnc1)S(=O)(=O)c1ccc2c(c1)OCO2)c1ccncc1. The molecule has 1 aliphatic heterocycles. The summed E-state index contributed by atoms with van der Waals surface area (Å²) in [5.41, 5.74) is 0.866. The van der Waals surface area contributed by atoms with E-state index < -0.39 is 15.1 Å². The second-order valence-electron chi connectivity index (χ2n) is 6.28. The lowest BCUT2D eigenvalue weighted by atomic mass is 10.2. The lowest BCUT2D eigenvalue weighted by Crippen LogP contribution is -2.32. The first kappa shape index (κ1) is 18.9. The largest absolute Gasteiger partial charge is 0.454 e. The van der Waals surface area contributed by atoms with E-state index in [4.69, 9.17) is 9.47 Å². The number of rotatable bonds is 6. The minimum Gasteiger partial charge on any atom is -0.454 e. The Bertz CT molecular complexity index is 1120. The maximum absolute atomic E-state index is 13.4. The van der Waals surface area contributed by atoms with E-state index in [1.165, 1.54) is 30.7 Å². The standard InChI is InChI=1S/C20H17N3O5S/c24-20(14-5-8-21-9-6-14)23-12-19(15-2-1-7-22-11-15)29(25,26)16-3-4-17-18(10-16)28-13-27-17/h1-11,19H,12-13H2,(H,23,24)/t19-/m1/s1. The molecule has 8 nitrogen and oxygen atoms in total. The first-order valence-electron chi connectivity index (χ1n) is 8.77. The Morgan fingerprint density at radius 3 is 2.59 bits per heavy atom. The average molecular weight is 411 g/mol. The van der Waals surface area contributed by atoms with Crippen LogP contribution in [-0.4, -0.2) is 37.6 Å². The number of sulfone groups is 1. The van der Waals surface area contributed by atoms with E-state index >= 15 is 0 Å². The average Bonchev–Trinajstić information content (AvgIpc) is 3.23. The summed E-state index contributed by atoms with van der Waals surface area (Å²) in [6.45, 7) is -0.0729. The lowest BCUT2D eigenvalue weighted by Gasteiger charge is -2.19. The molecule has 2 aromatic heterocycles. The van der Waals surface area contributed by atoms with Gasteiger partial charge in [0.05, 0.1) is 4.90 Å². The van der Waals surface area contributed by atoms with Gasteiger partial charge >= 0.3 is 0 Å². The number of amides is 1. The quantitative estimate of drug-likeness (QED) is 0.662. The molecule has 0 fully saturated rings. The van der Waals surface area contributed by atoms with Gasteiger partial charge in [-0.3, -0.25) is 14.8 Å². The van der Waals surface area contributed by atoms with Crippen molar-refractivity contribution in [2.75, 3.05) is 13.3 Å². The number of hydrogen-bond donors (Lipinski definition) is 1. The summed E-state index contributed by atoms with van der Waals surface area (Å²) in [7, 11) is -3.86. The molecule has 1 aromatic carbocycles. The van der Waals surface area contributed by atoms with Crippen LogP contribution in [0.5, 0.6) is 11.5 Å². The van der Waals surface area contributed by atoms with Gasteiger partial charge in [0.2, 0.25) is 6.79 Å². The molecule has 0 radical (unpaired) electrons. The molecule has 1 amide bonds. The Kier molecular flexibility index (Phi) is 5.13. The highest BCUT2D eigenvalue weighted by Crippen LogP contribution is 2.37. The van der Waals surface area contributed by atoms with Crippen LogP contribution in [0.4, 0.5) is 0 Å². The zero-order valence-electron chi connectivity index (χ0n) is 15.2. The van der Waals surface area contributed by atoms with Crippen molar-refractivity contribution in [1.29, 1.82) is 0 Å². The van der Waals surface area contributed by atoms with Gasteiger partial charge in [0.1, 0.15) is 5.25 Å². The highest BCUT2D eigenvalue weighted by Gasteiger charge is 2.31. The van der Waals surface area contributed by atoms with Crippen LogP contribution in [0.15, 0.2) is 72.1 Å². The Morgan fingerprint density at radius 2 is 1.83 bits per heavy atom. The van der Waals surface area contributed by atoms with Crippen molar-refractivity contribution in [3.8, 4) is 11.5 Å². The van der Waals surface area contributed by atoms with Crippen molar-refractivity contribution in [3.05, 3.63) is 78.4 Å². The van der Waals surface area contributed by atoms with Crippen LogP contribution < -0.4 is 14.8 Å². The minimum atomic E-state index is -3.86. The number of pyridine rings is 2. The van der Waals surface area contributed by atoms with Gasteiger partial charge < -0.3 is 14.8 Å². The Labute approximate surface area is 167 Å². The number of carbonyl (C=O) groups excluding carboxylic acids is 1. The van der Waals surface area contributed by atoms with Gasteiger partial charge in [-0.2, -0.15) is 0 Å². The number of ether oxygens (including phenoxy) is 2. The molecule has 1 N–H and O–H groups in total. The topological polar surface area (TPSA) is 107 Å². The number of hydrogen-bond acceptors (Lipinski definition) is 7.